The van der Waals surface area contributed by atoms with Gasteiger partial charge in [0.25, 0.3) is 0 Å². The van der Waals surface area contributed by atoms with E-state index in [1.807, 2.05) is 19.9 Å². The van der Waals surface area contributed by atoms with Crippen molar-refractivity contribution in [2.75, 3.05) is 13.2 Å². The molecular formula is C22H36O2. The van der Waals surface area contributed by atoms with Crippen molar-refractivity contribution in [3.8, 4) is 0 Å². The first-order valence-corrected chi connectivity index (χ1v) is 9.70. The van der Waals surface area contributed by atoms with Gasteiger partial charge in [0.05, 0.1) is 0 Å². The first-order valence-electron chi connectivity index (χ1n) is 9.70. The Bertz CT molecular complexity index is 421. The van der Waals surface area contributed by atoms with Crippen LogP contribution in [0.25, 0.3) is 0 Å². The van der Waals surface area contributed by atoms with E-state index in [-0.39, 0.29) is 5.92 Å². The van der Waals surface area contributed by atoms with Crippen LogP contribution in [0.15, 0.2) is 43.0 Å². The molecule has 2 heteroatoms. The maximum Gasteiger partial charge on any atom is 0.194 e. The lowest BCUT2D eigenvalue weighted by Crippen LogP contribution is -2.40. The molecule has 0 aliphatic carbocycles. The lowest BCUT2D eigenvalue weighted by molar-refractivity contribution is -0.214. The number of hydrogen-bond acceptors (Lipinski definition) is 2. The molecule has 0 saturated carbocycles. The Balaban J connectivity index is 2.85. The summed E-state index contributed by atoms with van der Waals surface area (Å²) in [7, 11) is 0. The molecule has 0 amide bonds. The number of benzene rings is 1. The highest BCUT2D eigenvalue weighted by Crippen LogP contribution is 2.38. The minimum atomic E-state index is -0.728. The normalized spacial score (nSPS) is 13.0. The van der Waals surface area contributed by atoms with Gasteiger partial charge in [-0.2, -0.15) is 0 Å². The summed E-state index contributed by atoms with van der Waals surface area (Å²) in [6, 6.07) is 10.6. The van der Waals surface area contributed by atoms with Gasteiger partial charge in [-0.1, -0.05) is 82.4 Å². The van der Waals surface area contributed by atoms with Crippen LogP contribution in [-0.2, 0) is 9.47 Å². The Morgan fingerprint density at radius 3 is 2.04 bits per heavy atom. The zero-order valence-corrected chi connectivity index (χ0v) is 15.9. The molecule has 0 aliphatic rings. The molecule has 24 heavy (non-hydrogen) atoms. The maximum atomic E-state index is 6.09. The number of rotatable bonds is 14. The molecule has 0 radical (unpaired) electrons. The summed E-state index contributed by atoms with van der Waals surface area (Å²) in [6.45, 7) is 11.6. The summed E-state index contributed by atoms with van der Waals surface area (Å²) < 4.78 is 12.2. The third kappa shape index (κ3) is 6.41. The van der Waals surface area contributed by atoms with Gasteiger partial charge >= 0.3 is 0 Å². The molecule has 136 valence electrons. The van der Waals surface area contributed by atoms with Crippen LogP contribution < -0.4 is 0 Å². The van der Waals surface area contributed by atoms with Crippen molar-refractivity contribution >= 4 is 0 Å². The summed E-state index contributed by atoms with van der Waals surface area (Å²) in [4.78, 5) is 0. The molecule has 0 heterocycles. The molecule has 2 nitrogen and oxygen atoms in total. The molecular weight excluding hydrogens is 296 g/mol. The summed E-state index contributed by atoms with van der Waals surface area (Å²) in [5.74, 6) is -0.545. The summed E-state index contributed by atoms with van der Waals surface area (Å²) >= 11 is 0. The predicted molar refractivity (Wildman–Crippen MR) is 103 cm³/mol. The average Bonchev–Trinajstić information content (AvgIpc) is 2.62. The van der Waals surface area contributed by atoms with Crippen molar-refractivity contribution < 1.29 is 9.47 Å². The van der Waals surface area contributed by atoms with Crippen molar-refractivity contribution in [2.45, 2.75) is 77.4 Å². The zero-order valence-electron chi connectivity index (χ0n) is 15.9. The molecule has 1 rings (SSSR count). The second-order valence-electron chi connectivity index (χ2n) is 6.31. The molecule has 1 unspecified atom stereocenters. The fraction of sp³-hybridized carbons (Fsp3) is 0.636. The van der Waals surface area contributed by atoms with Gasteiger partial charge in [-0.25, -0.2) is 0 Å². The monoisotopic (exact) mass is 332 g/mol. The molecule has 0 saturated heterocycles. The molecule has 1 atom stereocenters. The van der Waals surface area contributed by atoms with Crippen LogP contribution in [0, 0.1) is 0 Å². The van der Waals surface area contributed by atoms with E-state index in [1.54, 1.807) is 0 Å². The Morgan fingerprint density at radius 1 is 0.917 bits per heavy atom. The van der Waals surface area contributed by atoms with E-state index in [0.29, 0.717) is 13.2 Å². The van der Waals surface area contributed by atoms with Gasteiger partial charge in [-0.15, -0.1) is 0 Å². The molecule has 0 N–H and O–H groups in total. The first kappa shape index (κ1) is 20.9. The molecule has 1 aromatic carbocycles. The van der Waals surface area contributed by atoms with E-state index >= 15 is 0 Å². The average molecular weight is 333 g/mol. The van der Waals surface area contributed by atoms with E-state index in [0.717, 1.165) is 6.42 Å². The molecule has 0 bridgehead atoms. The summed E-state index contributed by atoms with van der Waals surface area (Å²) in [5, 5.41) is 0. The number of unbranched alkanes of at least 4 members (excludes halogenated alkanes) is 5. The van der Waals surface area contributed by atoms with Gasteiger partial charge in [-0.05, 0) is 31.9 Å². The van der Waals surface area contributed by atoms with Gasteiger partial charge in [0.2, 0.25) is 0 Å². The predicted octanol–water partition coefficient (Wildman–Crippen LogP) is 6.48. The van der Waals surface area contributed by atoms with Crippen molar-refractivity contribution in [3.05, 3.63) is 48.6 Å². The summed E-state index contributed by atoms with van der Waals surface area (Å²) in [6.07, 6.45) is 10.7. The fourth-order valence-electron chi connectivity index (χ4n) is 3.37. The van der Waals surface area contributed by atoms with Crippen LogP contribution in [0.4, 0.5) is 0 Å². The maximum absolute atomic E-state index is 6.09. The van der Waals surface area contributed by atoms with E-state index in [9.17, 15) is 0 Å². The molecule has 0 fully saturated rings. The second kappa shape index (κ2) is 12.3. The van der Waals surface area contributed by atoms with E-state index in [1.165, 1.54) is 44.1 Å². The topological polar surface area (TPSA) is 18.5 Å². The van der Waals surface area contributed by atoms with Crippen LogP contribution in [0.5, 0.6) is 0 Å². The van der Waals surface area contributed by atoms with E-state index < -0.39 is 5.79 Å². The van der Waals surface area contributed by atoms with Crippen molar-refractivity contribution in [2.24, 2.45) is 0 Å². The van der Waals surface area contributed by atoms with E-state index in [4.69, 9.17) is 9.47 Å². The van der Waals surface area contributed by atoms with Crippen LogP contribution in [0.1, 0.15) is 77.2 Å². The standard InChI is InChI=1S/C22H36O2/c1-5-9-10-11-12-16-19-21(20-17-14-13-15-18-20)22(6-2,23-7-3)24-8-4/h6,13-15,17-18,21H,2,5,7-12,16,19H2,1,3-4H3. The van der Waals surface area contributed by atoms with Gasteiger partial charge < -0.3 is 9.47 Å². The van der Waals surface area contributed by atoms with E-state index in [2.05, 4.69) is 43.8 Å². The van der Waals surface area contributed by atoms with Crippen LogP contribution in [-0.4, -0.2) is 19.0 Å². The van der Waals surface area contributed by atoms with Crippen molar-refractivity contribution in [1.29, 1.82) is 0 Å². The van der Waals surface area contributed by atoms with Crippen LogP contribution in [0.2, 0.25) is 0 Å². The third-order valence-electron chi connectivity index (χ3n) is 4.56. The van der Waals surface area contributed by atoms with Gasteiger partial charge in [0, 0.05) is 19.1 Å². The molecule has 0 spiro atoms. The zero-order chi connectivity index (χ0) is 17.7. The molecule has 0 aromatic heterocycles. The Hall–Kier alpha value is -1.12. The fourth-order valence-corrected chi connectivity index (χ4v) is 3.37. The SMILES string of the molecule is C=CC(OCC)(OCC)C(CCCCCCCC)c1ccccc1. The first-order chi connectivity index (χ1) is 11.7. The molecule has 1 aromatic rings. The smallest absolute Gasteiger partial charge is 0.194 e. The largest absolute Gasteiger partial charge is 0.346 e. The highest BCUT2D eigenvalue weighted by atomic mass is 16.7. The van der Waals surface area contributed by atoms with Crippen molar-refractivity contribution in [3.63, 3.8) is 0 Å². The second-order valence-corrected chi connectivity index (χ2v) is 6.31. The van der Waals surface area contributed by atoms with Gasteiger partial charge in [0.1, 0.15) is 0 Å². The quantitative estimate of drug-likeness (QED) is 0.221. The minimum Gasteiger partial charge on any atom is -0.346 e. The summed E-state index contributed by atoms with van der Waals surface area (Å²) in [5.41, 5.74) is 1.27. The minimum absolute atomic E-state index is 0.183. The Morgan fingerprint density at radius 2 is 1.50 bits per heavy atom. The lowest BCUT2D eigenvalue weighted by Gasteiger charge is -2.38. The number of ether oxygens (including phenoxy) is 2. The van der Waals surface area contributed by atoms with Gasteiger partial charge in [-0.3, -0.25) is 0 Å². The third-order valence-corrected chi connectivity index (χ3v) is 4.56. The highest BCUT2D eigenvalue weighted by molar-refractivity contribution is 5.24. The van der Waals surface area contributed by atoms with Crippen molar-refractivity contribution in [1.82, 2.24) is 0 Å². The van der Waals surface area contributed by atoms with Crippen LogP contribution in [0.3, 0.4) is 0 Å². The molecule has 0 aliphatic heterocycles. The van der Waals surface area contributed by atoms with Gasteiger partial charge in [0.15, 0.2) is 5.79 Å². The number of hydrogen-bond donors (Lipinski definition) is 0. The van der Waals surface area contributed by atoms with Crippen LogP contribution >= 0.6 is 0 Å². The Kier molecular flexibility index (Phi) is 10.7. The Labute approximate surface area is 149 Å². The lowest BCUT2D eigenvalue weighted by atomic mass is 9.85. The highest BCUT2D eigenvalue weighted by Gasteiger charge is 2.38.